The Kier molecular flexibility index (Phi) is 10.9. The quantitative estimate of drug-likeness (QED) is 0.0839. The van der Waals surface area contributed by atoms with Crippen molar-refractivity contribution < 1.29 is 23.6 Å². The Morgan fingerprint density at radius 3 is 2.52 bits per heavy atom. The molecule has 13 heteroatoms. The number of benzene rings is 2. The first-order valence-electron chi connectivity index (χ1n) is 15.6. The Bertz CT molecular complexity index is 1670. The second-order valence-electron chi connectivity index (χ2n) is 12.0. The molecule has 4 aromatic rings. The van der Waals surface area contributed by atoms with Crippen molar-refractivity contribution in [1.29, 1.82) is 0 Å². The van der Waals surface area contributed by atoms with E-state index >= 15 is 0 Å². The number of carbonyl (C=O) groups excluding carboxylic acids is 1. The van der Waals surface area contributed by atoms with Gasteiger partial charge in [-0.25, -0.2) is 24.6 Å². The molecule has 0 aliphatic heterocycles. The van der Waals surface area contributed by atoms with Crippen LogP contribution in [0.4, 0.5) is 11.5 Å². The molecule has 1 aliphatic carbocycles. The molecular weight excluding hydrogens is 605 g/mol. The van der Waals surface area contributed by atoms with Crippen molar-refractivity contribution >= 4 is 36.3 Å². The van der Waals surface area contributed by atoms with E-state index in [-0.39, 0.29) is 31.1 Å². The number of nitrogens with two attached hydrogens (primary N) is 1. The van der Waals surface area contributed by atoms with Crippen LogP contribution in [-0.4, -0.2) is 49.1 Å². The Labute approximate surface area is 269 Å². The molecule has 2 aromatic carbocycles. The third-order valence-corrected chi connectivity index (χ3v) is 8.93. The third kappa shape index (κ3) is 8.38. The summed E-state index contributed by atoms with van der Waals surface area (Å²) >= 11 is 0. The number of nitrogen functional groups attached to an aromatic ring is 1. The number of nitrogens with zero attached hydrogens (tertiary/aromatic N) is 5. The summed E-state index contributed by atoms with van der Waals surface area (Å²) in [5.41, 5.74) is 8.59. The molecule has 2 aromatic heterocycles. The van der Waals surface area contributed by atoms with Gasteiger partial charge >= 0.3 is 7.75 Å². The molecule has 12 nitrogen and oxygen atoms in total. The van der Waals surface area contributed by atoms with Crippen LogP contribution in [0.5, 0.6) is 0 Å². The van der Waals surface area contributed by atoms with Crippen molar-refractivity contribution in [3.05, 3.63) is 91.0 Å². The molecule has 244 valence electrons. The van der Waals surface area contributed by atoms with Crippen LogP contribution >= 0.6 is 7.75 Å². The number of hydroxylamine groups is 1. The van der Waals surface area contributed by atoms with Crippen molar-refractivity contribution in [1.82, 2.24) is 24.6 Å². The Morgan fingerprint density at radius 2 is 1.83 bits per heavy atom. The number of anilines is 2. The predicted molar refractivity (Wildman–Crippen MR) is 177 cm³/mol. The Hall–Kier alpha value is -4.09. The average Bonchev–Trinajstić information content (AvgIpc) is 3.70. The lowest BCUT2D eigenvalue weighted by Gasteiger charge is -2.35. The number of rotatable bonds is 15. The van der Waals surface area contributed by atoms with E-state index in [1.807, 2.05) is 84.3 Å². The monoisotopic (exact) mass is 647 g/mol. The van der Waals surface area contributed by atoms with Gasteiger partial charge in [0.25, 0.3) is 5.91 Å². The molecule has 4 N–H and O–H groups in total. The first-order valence-corrected chi connectivity index (χ1v) is 17.2. The zero-order chi connectivity index (χ0) is 32.7. The molecule has 1 amide bonds. The topological polar surface area (TPSA) is 158 Å². The number of para-hydroxylation sites is 1. The van der Waals surface area contributed by atoms with Gasteiger partial charge in [0.2, 0.25) is 0 Å². The molecule has 0 fully saturated rings. The maximum Gasteiger partial charge on any atom is 0.432 e. The first kappa shape index (κ1) is 33.3. The number of carbonyl (C=O) groups is 1. The molecule has 46 heavy (non-hydrogen) atoms. The average molecular weight is 648 g/mol. The number of fused-ring (bicyclic) bond motifs is 1. The van der Waals surface area contributed by atoms with Crippen LogP contribution in [0.25, 0.3) is 11.2 Å². The number of amides is 1. The van der Waals surface area contributed by atoms with E-state index in [2.05, 4.69) is 33.9 Å². The van der Waals surface area contributed by atoms with E-state index in [4.69, 9.17) is 15.1 Å². The summed E-state index contributed by atoms with van der Waals surface area (Å²) in [5.74, 6) is -0.183. The summed E-state index contributed by atoms with van der Waals surface area (Å²) in [5, 5.41) is 3.89. The summed E-state index contributed by atoms with van der Waals surface area (Å²) < 4.78 is 20.7. The highest BCUT2D eigenvalue weighted by Gasteiger charge is 2.35. The minimum atomic E-state index is -4.55. The van der Waals surface area contributed by atoms with Gasteiger partial charge in [-0.3, -0.25) is 19.2 Å². The fraction of sp³-hybridized carbons (Fsp3) is 0.394. The predicted octanol–water partition coefficient (Wildman–Crippen LogP) is 5.63. The minimum Gasteiger partial charge on any atom is -0.382 e. The second-order valence-corrected chi connectivity index (χ2v) is 13.5. The van der Waals surface area contributed by atoms with Crippen LogP contribution in [0.2, 0.25) is 0 Å². The Morgan fingerprint density at radius 1 is 1.11 bits per heavy atom. The molecule has 1 aliphatic rings. The highest BCUT2D eigenvalue weighted by Crippen LogP contribution is 2.40. The smallest absolute Gasteiger partial charge is 0.382 e. The fourth-order valence-electron chi connectivity index (χ4n) is 5.62. The highest BCUT2D eigenvalue weighted by molar-refractivity contribution is 7.51. The van der Waals surface area contributed by atoms with Gasteiger partial charge in [-0.2, -0.15) is 0 Å². The van der Waals surface area contributed by atoms with Crippen LogP contribution in [0.15, 0.2) is 85.5 Å². The number of aromatic nitrogens is 4. The van der Waals surface area contributed by atoms with E-state index in [0.29, 0.717) is 35.0 Å². The molecule has 5 rings (SSSR count). The summed E-state index contributed by atoms with van der Waals surface area (Å²) in [7, 11) is -4.55. The van der Waals surface area contributed by atoms with Gasteiger partial charge in [-0.05, 0) is 42.9 Å². The first-order chi connectivity index (χ1) is 22.1. The highest BCUT2D eigenvalue weighted by atomic mass is 31.2. The van der Waals surface area contributed by atoms with E-state index < -0.39 is 19.7 Å². The van der Waals surface area contributed by atoms with Crippen molar-refractivity contribution in [2.24, 2.45) is 11.8 Å². The summed E-state index contributed by atoms with van der Waals surface area (Å²) in [6, 6.07) is 17.8. The van der Waals surface area contributed by atoms with Gasteiger partial charge in [-0.1, -0.05) is 81.5 Å². The molecule has 0 spiro atoms. The fourth-order valence-corrected chi connectivity index (χ4v) is 6.50. The lowest BCUT2D eigenvalue weighted by molar-refractivity contribution is -0.124. The molecule has 0 bridgehead atoms. The van der Waals surface area contributed by atoms with E-state index in [1.165, 1.54) is 6.33 Å². The van der Waals surface area contributed by atoms with Crippen molar-refractivity contribution in [3.63, 3.8) is 0 Å². The minimum absolute atomic E-state index is 0.0701. The number of allylic oxidation sites excluding steroid dienone is 1. The maximum absolute atomic E-state index is 13.9. The standard InChI is InChI=1S/C33H42N7O5P/c1-4-28(17-23(2)3)45-40(26-13-9-6-10-14-26)29(19-24-11-7-5-8-12-24)33(41)38-46(42,43)44-20-25-15-16-27(18-25)39-22-37-30-31(34)35-21-36-32(30)39/h5-16,21-23,25,27-29H,4,17-20H2,1-3H3,(H2,34,35,36)(H2,38,41,42,43)/t25-,27+,28?,29-/m0/s1. The zero-order valence-corrected chi connectivity index (χ0v) is 27.2. The van der Waals surface area contributed by atoms with Crippen LogP contribution in [0.1, 0.15) is 51.6 Å². The molecule has 0 radical (unpaired) electrons. The summed E-state index contributed by atoms with van der Waals surface area (Å²) in [4.78, 5) is 43.9. The third-order valence-electron chi connectivity index (χ3n) is 7.93. The van der Waals surface area contributed by atoms with E-state index in [0.717, 1.165) is 18.4 Å². The summed E-state index contributed by atoms with van der Waals surface area (Å²) in [6.45, 7) is 6.21. The molecule has 5 atom stereocenters. The van der Waals surface area contributed by atoms with Gasteiger partial charge < -0.3 is 15.2 Å². The molecule has 2 unspecified atom stereocenters. The molecule has 0 saturated heterocycles. The number of nitrogens with one attached hydrogen (secondary N) is 1. The lowest BCUT2D eigenvalue weighted by Crippen LogP contribution is -2.49. The number of imidazole rings is 1. The molecular formula is C33H42N7O5P. The molecule has 0 saturated carbocycles. The van der Waals surface area contributed by atoms with Crippen LogP contribution < -0.4 is 15.9 Å². The van der Waals surface area contributed by atoms with Gasteiger partial charge in [0.05, 0.1) is 30.8 Å². The normalized spacial score (nSPS) is 18.8. The number of hydrogen-bond acceptors (Lipinski definition) is 9. The van der Waals surface area contributed by atoms with E-state index in [1.54, 1.807) is 11.4 Å². The van der Waals surface area contributed by atoms with Crippen molar-refractivity contribution in [2.75, 3.05) is 17.4 Å². The Balaban J connectivity index is 1.30. The van der Waals surface area contributed by atoms with Gasteiger partial charge in [0.1, 0.15) is 17.9 Å². The lowest BCUT2D eigenvalue weighted by atomic mass is 10.0. The summed E-state index contributed by atoms with van der Waals surface area (Å²) in [6.07, 6.45) is 9.11. The maximum atomic E-state index is 13.9. The SMILES string of the molecule is CCC(CC(C)C)ON(c1ccccc1)[C@@H](Cc1ccccc1)C(=O)NP(=O)(O)OC[C@H]1C=C[C@@H](n2cnc3c(N)ncnc32)C1. The van der Waals surface area contributed by atoms with Crippen molar-refractivity contribution in [3.8, 4) is 0 Å². The van der Waals surface area contributed by atoms with E-state index in [9.17, 15) is 14.3 Å². The number of hydrogen-bond donors (Lipinski definition) is 3. The largest absolute Gasteiger partial charge is 0.432 e. The molecule has 2 heterocycles. The van der Waals surface area contributed by atoms with Gasteiger partial charge in [0, 0.05) is 12.3 Å². The zero-order valence-electron chi connectivity index (χ0n) is 26.3. The van der Waals surface area contributed by atoms with Crippen LogP contribution in [0, 0.1) is 11.8 Å². The van der Waals surface area contributed by atoms with Gasteiger partial charge in [-0.15, -0.1) is 0 Å². The van der Waals surface area contributed by atoms with Crippen molar-refractivity contribution in [2.45, 2.75) is 64.6 Å². The van der Waals surface area contributed by atoms with Crippen LogP contribution in [0.3, 0.4) is 0 Å². The second kappa shape index (κ2) is 15.0. The van der Waals surface area contributed by atoms with Gasteiger partial charge in [0.15, 0.2) is 11.5 Å². The van der Waals surface area contributed by atoms with Crippen LogP contribution in [-0.2, 0) is 25.1 Å².